The molecule has 0 saturated carbocycles. The fourth-order valence-electron chi connectivity index (χ4n) is 1.63. The molecule has 0 N–H and O–H groups in total. The van der Waals surface area contributed by atoms with Crippen molar-refractivity contribution in [1.29, 1.82) is 10.5 Å². The van der Waals surface area contributed by atoms with Crippen molar-refractivity contribution in [3.63, 3.8) is 0 Å². The summed E-state index contributed by atoms with van der Waals surface area (Å²) < 4.78 is 15.7. The van der Waals surface area contributed by atoms with E-state index >= 15 is 0 Å². The topological polar surface area (TPSA) is 75.3 Å². The van der Waals surface area contributed by atoms with Crippen LogP contribution in [0.3, 0.4) is 0 Å². The minimum Gasteiger partial charge on any atom is -0.496 e. The van der Waals surface area contributed by atoms with Crippen molar-refractivity contribution in [3.05, 3.63) is 47.4 Å². The Hall–Kier alpha value is -2.92. The van der Waals surface area contributed by atoms with Crippen LogP contribution in [0.4, 0.5) is 0 Å². The van der Waals surface area contributed by atoms with Crippen LogP contribution in [0.15, 0.2) is 36.3 Å². The van der Waals surface area contributed by atoms with Crippen LogP contribution >= 0.6 is 0 Å². The molecular formula is C14H10N2O3. The Morgan fingerprint density at radius 1 is 1.26 bits per heavy atom. The first kappa shape index (κ1) is 12.5. The van der Waals surface area contributed by atoms with Crippen molar-refractivity contribution in [2.45, 2.75) is 6.29 Å². The molecule has 1 aliphatic rings. The number of allylic oxidation sites excluding steroid dienone is 1. The van der Waals surface area contributed by atoms with Gasteiger partial charge in [-0.2, -0.15) is 10.5 Å². The Bertz CT molecular complexity index is 597. The molecule has 0 saturated heterocycles. The molecule has 0 bridgehead atoms. The van der Waals surface area contributed by atoms with E-state index in [0.29, 0.717) is 11.3 Å². The van der Waals surface area contributed by atoms with E-state index in [4.69, 9.17) is 24.7 Å². The van der Waals surface area contributed by atoms with Gasteiger partial charge in [-0.1, -0.05) is 12.1 Å². The second-order valence-electron chi connectivity index (χ2n) is 3.66. The van der Waals surface area contributed by atoms with Crippen molar-refractivity contribution in [2.75, 3.05) is 7.11 Å². The van der Waals surface area contributed by atoms with Crippen LogP contribution in [0.2, 0.25) is 0 Å². The van der Waals surface area contributed by atoms with Crippen molar-refractivity contribution in [3.8, 4) is 17.9 Å². The number of nitriles is 2. The number of ether oxygens (including phenoxy) is 3. The molecule has 0 unspecified atom stereocenters. The van der Waals surface area contributed by atoms with Gasteiger partial charge in [-0.3, -0.25) is 0 Å². The molecule has 5 heteroatoms. The van der Waals surface area contributed by atoms with Gasteiger partial charge >= 0.3 is 0 Å². The molecule has 0 radical (unpaired) electrons. The monoisotopic (exact) mass is 254 g/mol. The Morgan fingerprint density at radius 3 is 2.53 bits per heavy atom. The van der Waals surface area contributed by atoms with Gasteiger partial charge in [-0.15, -0.1) is 0 Å². The fourth-order valence-corrected chi connectivity index (χ4v) is 1.63. The van der Waals surface area contributed by atoms with Crippen molar-refractivity contribution >= 4 is 6.08 Å². The maximum atomic E-state index is 8.75. The molecule has 0 aromatic heterocycles. The molecule has 0 aliphatic carbocycles. The standard InChI is InChI=1S/C14H10N2O3/c1-17-13-7-12(14-18-4-5-19-14)3-2-11(13)6-10(8-15)9-16/h2-7,14H,1H3. The molecule has 1 aliphatic heterocycles. The summed E-state index contributed by atoms with van der Waals surface area (Å²) in [5, 5.41) is 17.5. The summed E-state index contributed by atoms with van der Waals surface area (Å²) in [6.45, 7) is 0. The summed E-state index contributed by atoms with van der Waals surface area (Å²) >= 11 is 0. The molecule has 1 aromatic rings. The molecule has 1 aromatic carbocycles. The minimum absolute atomic E-state index is 0.0149. The van der Waals surface area contributed by atoms with Gasteiger partial charge in [-0.25, -0.2) is 0 Å². The van der Waals surface area contributed by atoms with E-state index < -0.39 is 6.29 Å². The van der Waals surface area contributed by atoms with Gasteiger partial charge in [0.15, 0.2) is 0 Å². The predicted octanol–water partition coefficient (Wildman–Crippen LogP) is 2.64. The largest absolute Gasteiger partial charge is 0.496 e. The number of hydrogen-bond acceptors (Lipinski definition) is 5. The normalized spacial score (nSPS) is 12.8. The van der Waals surface area contributed by atoms with Crippen LogP contribution in [0.5, 0.6) is 5.75 Å². The van der Waals surface area contributed by atoms with Crippen LogP contribution in [-0.4, -0.2) is 7.11 Å². The van der Waals surface area contributed by atoms with E-state index in [1.165, 1.54) is 25.7 Å². The SMILES string of the molecule is COc1cc(C2OC=CO2)ccc1C=C(C#N)C#N. The molecule has 5 nitrogen and oxygen atoms in total. The molecule has 2 rings (SSSR count). The van der Waals surface area contributed by atoms with E-state index in [9.17, 15) is 0 Å². The first-order valence-electron chi connectivity index (χ1n) is 5.44. The van der Waals surface area contributed by atoms with Gasteiger partial charge in [0.2, 0.25) is 0 Å². The highest BCUT2D eigenvalue weighted by molar-refractivity contribution is 5.66. The molecule has 94 valence electrons. The summed E-state index contributed by atoms with van der Waals surface area (Å²) in [4.78, 5) is 0. The summed E-state index contributed by atoms with van der Waals surface area (Å²) in [5.74, 6) is 0.541. The van der Waals surface area contributed by atoms with Gasteiger partial charge in [0, 0.05) is 11.1 Å². The van der Waals surface area contributed by atoms with Crippen molar-refractivity contribution in [2.24, 2.45) is 0 Å². The second-order valence-corrected chi connectivity index (χ2v) is 3.66. The lowest BCUT2D eigenvalue weighted by molar-refractivity contribution is -0.0247. The first-order valence-corrected chi connectivity index (χ1v) is 5.44. The maximum Gasteiger partial charge on any atom is 0.266 e. The highest BCUT2D eigenvalue weighted by atomic mass is 16.7. The molecule has 0 amide bonds. The molecule has 0 spiro atoms. The van der Waals surface area contributed by atoms with E-state index in [2.05, 4.69) is 0 Å². The lowest BCUT2D eigenvalue weighted by atomic mass is 10.1. The smallest absolute Gasteiger partial charge is 0.266 e. The zero-order valence-corrected chi connectivity index (χ0v) is 10.2. The highest BCUT2D eigenvalue weighted by Gasteiger charge is 2.17. The second kappa shape index (κ2) is 5.61. The Kier molecular flexibility index (Phi) is 3.70. The number of nitrogens with zero attached hydrogens (tertiary/aromatic N) is 2. The van der Waals surface area contributed by atoms with Crippen LogP contribution < -0.4 is 4.74 Å². The summed E-state index contributed by atoms with van der Waals surface area (Å²) in [5.41, 5.74) is 1.45. The number of rotatable bonds is 3. The average Bonchev–Trinajstić information content (AvgIpc) is 2.99. The summed E-state index contributed by atoms with van der Waals surface area (Å²) in [7, 11) is 1.52. The van der Waals surface area contributed by atoms with E-state index in [1.54, 1.807) is 30.3 Å². The zero-order chi connectivity index (χ0) is 13.7. The fraction of sp³-hybridized carbons (Fsp3) is 0.143. The van der Waals surface area contributed by atoms with Gasteiger partial charge in [-0.05, 0) is 12.1 Å². The summed E-state index contributed by atoms with van der Waals surface area (Å²) in [6.07, 6.45) is 3.92. The lowest BCUT2D eigenvalue weighted by Gasteiger charge is -2.13. The van der Waals surface area contributed by atoms with Crippen LogP contribution in [0.25, 0.3) is 6.08 Å². The van der Waals surface area contributed by atoms with Crippen LogP contribution in [-0.2, 0) is 9.47 Å². The molecule has 0 fully saturated rings. The Morgan fingerprint density at radius 2 is 1.95 bits per heavy atom. The Balaban J connectivity index is 2.35. The predicted molar refractivity (Wildman–Crippen MR) is 66.2 cm³/mol. The van der Waals surface area contributed by atoms with Gasteiger partial charge < -0.3 is 14.2 Å². The minimum atomic E-state index is -0.488. The number of hydrogen-bond donors (Lipinski definition) is 0. The molecule has 1 heterocycles. The first-order chi connectivity index (χ1) is 9.28. The van der Waals surface area contributed by atoms with Gasteiger partial charge in [0.25, 0.3) is 6.29 Å². The summed E-state index contributed by atoms with van der Waals surface area (Å²) in [6, 6.07) is 8.89. The zero-order valence-electron chi connectivity index (χ0n) is 10.2. The third kappa shape index (κ3) is 2.67. The lowest BCUT2D eigenvalue weighted by Crippen LogP contribution is -1.99. The van der Waals surface area contributed by atoms with Crippen molar-refractivity contribution in [1.82, 2.24) is 0 Å². The molecule has 0 atom stereocenters. The maximum absolute atomic E-state index is 8.75. The number of benzene rings is 1. The van der Waals surface area contributed by atoms with E-state index in [0.717, 1.165) is 5.56 Å². The van der Waals surface area contributed by atoms with Crippen LogP contribution in [0, 0.1) is 22.7 Å². The van der Waals surface area contributed by atoms with Crippen LogP contribution in [0.1, 0.15) is 17.4 Å². The van der Waals surface area contributed by atoms with Crippen molar-refractivity contribution < 1.29 is 14.2 Å². The van der Waals surface area contributed by atoms with Gasteiger partial charge in [0.1, 0.15) is 36.0 Å². The molecular weight excluding hydrogens is 244 g/mol. The average molecular weight is 254 g/mol. The van der Waals surface area contributed by atoms with E-state index in [-0.39, 0.29) is 5.57 Å². The third-order valence-corrected chi connectivity index (χ3v) is 2.53. The van der Waals surface area contributed by atoms with E-state index in [1.807, 2.05) is 0 Å². The number of methoxy groups -OCH3 is 1. The highest BCUT2D eigenvalue weighted by Crippen LogP contribution is 2.30. The molecule has 19 heavy (non-hydrogen) atoms. The third-order valence-electron chi connectivity index (χ3n) is 2.53. The Labute approximate surface area is 110 Å². The quantitative estimate of drug-likeness (QED) is 0.775. The van der Waals surface area contributed by atoms with Gasteiger partial charge in [0.05, 0.1) is 7.11 Å².